The summed E-state index contributed by atoms with van der Waals surface area (Å²) in [5, 5.41) is 2.97. The van der Waals surface area contributed by atoms with Crippen LogP contribution in [0.1, 0.15) is 13.8 Å². The lowest BCUT2D eigenvalue weighted by atomic mass is 10.2. The van der Waals surface area contributed by atoms with Crippen LogP contribution in [-0.4, -0.2) is 19.9 Å². The number of nitrogens with one attached hydrogen (secondary N) is 1. The van der Waals surface area contributed by atoms with Gasteiger partial charge in [-0.15, -0.1) is 0 Å². The maximum absolute atomic E-state index is 13.1. The van der Waals surface area contributed by atoms with Crippen molar-refractivity contribution < 1.29 is 12.8 Å². The first kappa shape index (κ1) is 20.1. The first-order valence-corrected chi connectivity index (χ1v) is 11.4. The van der Waals surface area contributed by atoms with Gasteiger partial charge in [0.1, 0.15) is 0 Å². The molecule has 0 aliphatic carbocycles. The Hall–Kier alpha value is -1.64. The summed E-state index contributed by atoms with van der Waals surface area (Å²) in [6, 6.07) is 13.8. The van der Waals surface area contributed by atoms with Gasteiger partial charge in [-0.25, -0.2) is 8.42 Å². The molecule has 0 aliphatic rings. The summed E-state index contributed by atoms with van der Waals surface area (Å²) in [7, 11) is -3.83. The summed E-state index contributed by atoms with van der Waals surface area (Å²) in [4.78, 5) is 4.48. The number of anilines is 1. The zero-order valence-electron chi connectivity index (χ0n) is 14.7. The van der Waals surface area contributed by atoms with Gasteiger partial charge < -0.3 is 9.73 Å². The molecule has 0 saturated carbocycles. The minimum Gasteiger partial charge on any atom is -0.419 e. The van der Waals surface area contributed by atoms with Crippen molar-refractivity contribution in [3.8, 4) is 11.5 Å². The lowest BCUT2D eigenvalue weighted by Crippen LogP contribution is -2.11. The molecule has 0 radical (unpaired) electrons. The topological polar surface area (TPSA) is 72.2 Å². The van der Waals surface area contributed by atoms with E-state index in [0.717, 1.165) is 8.95 Å². The Bertz CT molecular complexity index is 1030. The van der Waals surface area contributed by atoms with Crippen LogP contribution in [0, 0.1) is 5.92 Å². The zero-order chi connectivity index (χ0) is 19.6. The van der Waals surface area contributed by atoms with Gasteiger partial charge in [0.2, 0.25) is 26.6 Å². The van der Waals surface area contributed by atoms with Crippen LogP contribution in [0.25, 0.3) is 11.5 Å². The Labute approximate surface area is 175 Å². The highest BCUT2D eigenvalue weighted by atomic mass is 79.9. The molecule has 3 aromatic rings. The molecule has 0 spiro atoms. The van der Waals surface area contributed by atoms with Crippen LogP contribution in [0.2, 0.25) is 0 Å². The van der Waals surface area contributed by atoms with Gasteiger partial charge in [-0.3, -0.25) is 0 Å². The molecule has 0 atom stereocenters. The molecule has 0 bridgehead atoms. The molecule has 0 unspecified atom stereocenters. The van der Waals surface area contributed by atoms with Crippen molar-refractivity contribution in [1.29, 1.82) is 0 Å². The van der Waals surface area contributed by atoms with Crippen molar-refractivity contribution in [3.05, 3.63) is 57.5 Å². The van der Waals surface area contributed by atoms with E-state index in [0.29, 0.717) is 18.0 Å². The summed E-state index contributed by atoms with van der Waals surface area (Å²) >= 11 is 6.70. The van der Waals surface area contributed by atoms with Gasteiger partial charge in [-0.05, 0) is 54.4 Å². The molecule has 1 N–H and O–H groups in total. The summed E-state index contributed by atoms with van der Waals surface area (Å²) in [5.41, 5.74) is 0.697. The lowest BCUT2D eigenvalue weighted by Gasteiger charge is -2.08. The van der Waals surface area contributed by atoms with E-state index in [1.165, 1.54) is 0 Å². The smallest absolute Gasteiger partial charge is 0.233 e. The molecular formula is C19H18Br2N2O3S. The van der Waals surface area contributed by atoms with Gasteiger partial charge in [-0.1, -0.05) is 45.7 Å². The van der Waals surface area contributed by atoms with Crippen molar-refractivity contribution in [2.75, 3.05) is 11.9 Å². The monoisotopic (exact) mass is 512 g/mol. The predicted molar refractivity (Wildman–Crippen MR) is 113 cm³/mol. The summed E-state index contributed by atoms with van der Waals surface area (Å²) in [5.74, 6) is 0.725. The molecule has 0 aliphatic heterocycles. The average Bonchev–Trinajstić information content (AvgIpc) is 3.06. The molecule has 2 aromatic carbocycles. The van der Waals surface area contributed by atoms with E-state index in [-0.39, 0.29) is 21.7 Å². The Morgan fingerprint density at radius 1 is 1.00 bits per heavy atom. The number of benzene rings is 2. The van der Waals surface area contributed by atoms with Crippen LogP contribution in [0.4, 0.5) is 5.88 Å². The van der Waals surface area contributed by atoms with Gasteiger partial charge in [-0.2, -0.15) is 4.98 Å². The van der Waals surface area contributed by atoms with Gasteiger partial charge in [0.25, 0.3) is 0 Å². The van der Waals surface area contributed by atoms with Crippen LogP contribution in [0.5, 0.6) is 0 Å². The number of sulfone groups is 1. The number of hydrogen-bond acceptors (Lipinski definition) is 5. The molecule has 8 heteroatoms. The van der Waals surface area contributed by atoms with E-state index in [1.807, 2.05) is 38.1 Å². The van der Waals surface area contributed by atoms with Gasteiger partial charge >= 0.3 is 0 Å². The highest BCUT2D eigenvalue weighted by molar-refractivity contribution is 9.10. The third kappa shape index (κ3) is 4.62. The molecule has 0 amide bonds. The summed E-state index contributed by atoms with van der Waals surface area (Å²) in [6.45, 7) is 4.63. The number of nitrogens with zero attached hydrogens (tertiary/aromatic N) is 1. The third-order valence-corrected chi connectivity index (χ3v) is 6.47. The number of aromatic nitrogens is 1. The molecule has 1 heterocycles. The third-order valence-electron chi connectivity index (χ3n) is 3.74. The maximum atomic E-state index is 13.1. The number of halogens is 2. The largest absolute Gasteiger partial charge is 0.419 e. The van der Waals surface area contributed by atoms with Crippen LogP contribution >= 0.6 is 31.9 Å². The summed E-state index contributed by atoms with van der Waals surface area (Å²) < 4.78 is 33.8. The number of hydrogen-bond donors (Lipinski definition) is 1. The standard InChI is InChI=1S/C19H18Br2N2O3S/c1-12(2)11-22-18-19(27(24,25)16-9-7-15(21)8-10-16)23-17(26-18)13-3-5-14(20)6-4-13/h3-10,12,22H,11H2,1-2H3. The second-order valence-corrected chi connectivity index (χ2v) is 10.1. The molecule has 0 fully saturated rings. The molecule has 142 valence electrons. The van der Waals surface area contributed by atoms with Gasteiger partial charge in [0.15, 0.2) is 0 Å². The first-order chi connectivity index (χ1) is 12.8. The highest BCUT2D eigenvalue weighted by Gasteiger charge is 2.28. The van der Waals surface area contributed by atoms with Crippen LogP contribution in [0.3, 0.4) is 0 Å². The molecule has 3 rings (SSSR count). The van der Waals surface area contributed by atoms with Crippen molar-refractivity contribution in [3.63, 3.8) is 0 Å². The molecule has 27 heavy (non-hydrogen) atoms. The van der Waals surface area contributed by atoms with Crippen LogP contribution in [0.15, 0.2) is 71.8 Å². The average molecular weight is 514 g/mol. The molecule has 1 aromatic heterocycles. The lowest BCUT2D eigenvalue weighted by molar-refractivity contribution is 0.567. The van der Waals surface area contributed by atoms with Crippen LogP contribution in [-0.2, 0) is 9.84 Å². The van der Waals surface area contributed by atoms with Crippen LogP contribution < -0.4 is 5.32 Å². The zero-order valence-corrected chi connectivity index (χ0v) is 18.7. The Kier molecular flexibility index (Phi) is 6.08. The quantitative estimate of drug-likeness (QED) is 0.453. The fourth-order valence-electron chi connectivity index (χ4n) is 2.34. The van der Waals surface area contributed by atoms with E-state index in [4.69, 9.17) is 4.42 Å². The van der Waals surface area contributed by atoms with Crippen molar-refractivity contribution in [2.45, 2.75) is 23.8 Å². The Morgan fingerprint density at radius 2 is 1.56 bits per heavy atom. The maximum Gasteiger partial charge on any atom is 0.233 e. The Morgan fingerprint density at radius 3 is 2.11 bits per heavy atom. The fraction of sp³-hybridized carbons (Fsp3) is 0.211. The van der Waals surface area contributed by atoms with Crippen molar-refractivity contribution in [1.82, 2.24) is 4.98 Å². The first-order valence-electron chi connectivity index (χ1n) is 8.28. The fourth-order valence-corrected chi connectivity index (χ4v) is 4.15. The molecule has 0 saturated heterocycles. The van der Waals surface area contributed by atoms with E-state index >= 15 is 0 Å². The van der Waals surface area contributed by atoms with E-state index in [9.17, 15) is 8.42 Å². The minimum absolute atomic E-state index is 0.108. The number of oxazole rings is 1. The van der Waals surface area contributed by atoms with E-state index in [2.05, 4.69) is 42.2 Å². The second kappa shape index (κ2) is 8.16. The highest BCUT2D eigenvalue weighted by Crippen LogP contribution is 2.33. The van der Waals surface area contributed by atoms with Gasteiger partial charge in [0, 0.05) is 21.1 Å². The van der Waals surface area contributed by atoms with Crippen molar-refractivity contribution >= 4 is 47.6 Å². The number of rotatable bonds is 6. The second-order valence-electron chi connectivity index (χ2n) is 6.39. The summed E-state index contributed by atoms with van der Waals surface area (Å²) in [6.07, 6.45) is 0. The normalized spacial score (nSPS) is 11.7. The van der Waals surface area contributed by atoms with Crippen molar-refractivity contribution in [2.24, 2.45) is 5.92 Å². The predicted octanol–water partition coefficient (Wildman–Crippen LogP) is 5.77. The Balaban J connectivity index is 2.08. The molecule has 5 nitrogen and oxygen atoms in total. The SMILES string of the molecule is CC(C)CNc1oc(-c2ccc(Br)cc2)nc1S(=O)(=O)c1ccc(Br)cc1. The minimum atomic E-state index is -3.83. The molecular weight excluding hydrogens is 496 g/mol. The van der Waals surface area contributed by atoms with Gasteiger partial charge in [0.05, 0.1) is 4.90 Å². The van der Waals surface area contributed by atoms with E-state index in [1.54, 1.807) is 24.3 Å². The van der Waals surface area contributed by atoms with E-state index < -0.39 is 9.84 Å².